The summed E-state index contributed by atoms with van der Waals surface area (Å²) in [6, 6.07) is 14.7. The summed E-state index contributed by atoms with van der Waals surface area (Å²) < 4.78 is 0. The third-order valence-corrected chi connectivity index (χ3v) is 5.13. The number of hydrogen-bond donors (Lipinski definition) is 3. The molecule has 0 saturated carbocycles. The summed E-state index contributed by atoms with van der Waals surface area (Å²) in [4.78, 5) is 38.0. The van der Waals surface area contributed by atoms with E-state index in [4.69, 9.17) is 11.6 Å². The minimum absolute atomic E-state index is 0.0552. The van der Waals surface area contributed by atoms with E-state index in [-0.39, 0.29) is 17.9 Å². The van der Waals surface area contributed by atoms with Gasteiger partial charge in [-0.15, -0.1) is 11.3 Å². The van der Waals surface area contributed by atoms with Gasteiger partial charge in [-0.2, -0.15) is 0 Å². The molecule has 3 N–H and O–H groups in total. The molecular weight excluding hydrogens is 422 g/mol. The van der Waals surface area contributed by atoms with Crippen molar-refractivity contribution >= 4 is 52.0 Å². The number of carbonyl (C=O) groups is 3. The fourth-order valence-corrected chi connectivity index (χ4v) is 3.48. The van der Waals surface area contributed by atoms with E-state index in [1.165, 1.54) is 17.4 Å². The predicted molar refractivity (Wildman–Crippen MR) is 121 cm³/mol. The third-order valence-electron chi connectivity index (χ3n) is 4.02. The first-order valence-electron chi connectivity index (χ1n) is 9.20. The maximum Gasteiger partial charge on any atom is 0.265 e. The highest BCUT2D eigenvalue weighted by molar-refractivity contribution is 7.12. The van der Waals surface area contributed by atoms with Gasteiger partial charge in [-0.25, -0.2) is 0 Å². The van der Waals surface area contributed by atoms with Crippen LogP contribution in [0.4, 0.5) is 11.4 Å². The van der Waals surface area contributed by atoms with E-state index >= 15 is 0 Å². The van der Waals surface area contributed by atoms with Gasteiger partial charge in [-0.3, -0.25) is 14.4 Å². The van der Waals surface area contributed by atoms with Gasteiger partial charge >= 0.3 is 0 Å². The van der Waals surface area contributed by atoms with Gasteiger partial charge in [-0.05, 0) is 61.7 Å². The Kier molecular flexibility index (Phi) is 6.87. The number of nitrogens with one attached hydrogen (secondary N) is 3. The second-order valence-electron chi connectivity index (χ2n) is 6.78. The standard InChI is InChI=1S/C22H20ClN3O3S/c1-13(2)24-21(28)17-9-8-15(23)12-18(17)26-20(27)14-5-3-6-16(11-14)25-22(29)19-7-4-10-30-19/h3-13H,1-2H3,(H,24,28)(H,25,29)(H,26,27). The van der Waals surface area contributed by atoms with Crippen LogP contribution in [0.2, 0.25) is 5.02 Å². The number of rotatable bonds is 6. The number of benzene rings is 2. The van der Waals surface area contributed by atoms with Crippen LogP contribution in [-0.2, 0) is 0 Å². The highest BCUT2D eigenvalue weighted by atomic mass is 35.5. The molecule has 0 radical (unpaired) electrons. The van der Waals surface area contributed by atoms with Crippen molar-refractivity contribution in [1.82, 2.24) is 5.32 Å². The van der Waals surface area contributed by atoms with Gasteiger partial charge in [0.25, 0.3) is 17.7 Å². The molecule has 1 heterocycles. The summed E-state index contributed by atoms with van der Waals surface area (Å²) in [5, 5.41) is 10.5. The molecule has 3 amide bonds. The van der Waals surface area contributed by atoms with Crippen LogP contribution >= 0.6 is 22.9 Å². The van der Waals surface area contributed by atoms with Crippen LogP contribution in [0.25, 0.3) is 0 Å². The summed E-state index contributed by atoms with van der Waals surface area (Å²) in [5.74, 6) is -0.984. The Balaban J connectivity index is 1.79. The zero-order valence-corrected chi connectivity index (χ0v) is 17.9. The summed E-state index contributed by atoms with van der Waals surface area (Å²) in [6.07, 6.45) is 0. The molecule has 0 bridgehead atoms. The van der Waals surface area contributed by atoms with Crippen molar-refractivity contribution < 1.29 is 14.4 Å². The highest BCUT2D eigenvalue weighted by Crippen LogP contribution is 2.23. The molecule has 154 valence electrons. The molecule has 6 nitrogen and oxygen atoms in total. The van der Waals surface area contributed by atoms with Crippen LogP contribution in [0.15, 0.2) is 60.0 Å². The zero-order valence-electron chi connectivity index (χ0n) is 16.4. The first-order valence-corrected chi connectivity index (χ1v) is 10.5. The lowest BCUT2D eigenvalue weighted by Gasteiger charge is -2.14. The molecule has 0 atom stereocenters. The Morgan fingerprint density at radius 1 is 0.900 bits per heavy atom. The molecule has 0 spiro atoms. The third kappa shape index (κ3) is 5.46. The Hall–Kier alpha value is -3.16. The molecule has 8 heteroatoms. The summed E-state index contributed by atoms with van der Waals surface area (Å²) in [5.41, 5.74) is 1.43. The Morgan fingerprint density at radius 2 is 1.70 bits per heavy atom. The summed E-state index contributed by atoms with van der Waals surface area (Å²) >= 11 is 7.39. The van der Waals surface area contributed by atoms with Gasteiger partial charge in [0, 0.05) is 22.3 Å². The Morgan fingerprint density at radius 3 is 2.40 bits per heavy atom. The topological polar surface area (TPSA) is 87.3 Å². The minimum atomic E-state index is -0.428. The number of halogens is 1. The lowest BCUT2D eigenvalue weighted by molar-refractivity contribution is 0.0943. The van der Waals surface area contributed by atoms with Crippen LogP contribution in [0.5, 0.6) is 0 Å². The van der Waals surface area contributed by atoms with Crippen molar-refractivity contribution in [2.45, 2.75) is 19.9 Å². The average molecular weight is 442 g/mol. The van der Waals surface area contributed by atoms with E-state index in [0.29, 0.717) is 32.4 Å². The van der Waals surface area contributed by atoms with Gasteiger partial charge in [0.2, 0.25) is 0 Å². The average Bonchev–Trinajstić information content (AvgIpc) is 3.22. The molecule has 3 rings (SSSR count). The number of hydrogen-bond acceptors (Lipinski definition) is 4. The van der Waals surface area contributed by atoms with Gasteiger partial charge in [-0.1, -0.05) is 23.7 Å². The smallest absolute Gasteiger partial charge is 0.265 e. The number of amides is 3. The molecule has 0 unspecified atom stereocenters. The van der Waals surface area contributed by atoms with Crippen LogP contribution in [0.3, 0.4) is 0 Å². The second kappa shape index (κ2) is 9.56. The summed E-state index contributed by atoms with van der Waals surface area (Å²) in [6.45, 7) is 3.70. The molecule has 0 aliphatic heterocycles. The molecule has 0 aliphatic rings. The maximum atomic E-state index is 12.8. The lowest BCUT2D eigenvalue weighted by Crippen LogP contribution is -2.31. The molecule has 0 fully saturated rings. The van der Waals surface area contributed by atoms with Crippen LogP contribution < -0.4 is 16.0 Å². The van der Waals surface area contributed by atoms with E-state index in [9.17, 15) is 14.4 Å². The van der Waals surface area contributed by atoms with Crippen LogP contribution in [-0.4, -0.2) is 23.8 Å². The second-order valence-corrected chi connectivity index (χ2v) is 8.17. The quantitative estimate of drug-likeness (QED) is 0.500. The fraction of sp³-hybridized carbons (Fsp3) is 0.136. The maximum absolute atomic E-state index is 12.8. The van der Waals surface area contributed by atoms with Gasteiger partial charge in [0.05, 0.1) is 16.1 Å². The van der Waals surface area contributed by atoms with Crippen LogP contribution in [0.1, 0.15) is 44.2 Å². The molecular formula is C22H20ClN3O3S. The first kappa shape index (κ1) is 21.5. The van der Waals surface area contributed by atoms with Gasteiger partial charge in [0.1, 0.15) is 0 Å². The minimum Gasteiger partial charge on any atom is -0.350 e. The first-order chi connectivity index (χ1) is 14.3. The summed E-state index contributed by atoms with van der Waals surface area (Å²) in [7, 11) is 0. The van der Waals surface area contributed by atoms with Crippen molar-refractivity contribution in [2.24, 2.45) is 0 Å². The van der Waals surface area contributed by atoms with Gasteiger partial charge in [0.15, 0.2) is 0 Å². The largest absolute Gasteiger partial charge is 0.350 e. The number of anilines is 2. The van der Waals surface area contributed by atoms with E-state index in [0.717, 1.165) is 0 Å². The normalized spacial score (nSPS) is 10.5. The van der Waals surface area contributed by atoms with E-state index in [1.54, 1.807) is 48.5 Å². The monoisotopic (exact) mass is 441 g/mol. The van der Waals surface area contributed by atoms with Crippen LogP contribution in [0, 0.1) is 0 Å². The lowest BCUT2D eigenvalue weighted by atomic mass is 10.1. The van der Waals surface area contributed by atoms with Crippen molar-refractivity contribution in [2.75, 3.05) is 10.6 Å². The van der Waals surface area contributed by atoms with Crippen molar-refractivity contribution in [1.29, 1.82) is 0 Å². The Labute approximate surface area is 183 Å². The Bertz CT molecular complexity index is 1080. The fourth-order valence-electron chi connectivity index (χ4n) is 2.69. The van der Waals surface area contributed by atoms with E-state index in [1.807, 2.05) is 19.2 Å². The molecule has 1 aromatic heterocycles. The molecule has 2 aromatic carbocycles. The predicted octanol–water partition coefficient (Wildman–Crippen LogP) is 5.04. The van der Waals surface area contributed by atoms with E-state index in [2.05, 4.69) is 16.0 Å². The molecule has 0 aliphatic carbocycles. The highest BCUT2D eigenvalue weighted by Gasteiger charge is 2.16. The van der Waals surface area contributed by atoms with E-state index < -0.39 is 5.91 Å². The number of carbonyl (C=O) groups excluding carboxylic acids is 3. The molecule has 3 aromatic rings. The van der Waals surface area contributed by atoms with Crippen molar-refractivity contribution in [3.63, 3.8) is 0 Å². The molecule has 0 saturated heterocycles. The van der Waals surface area contributed by atoms with Crippen molar-refractivity contribution in [3.05, 3.63) is 81.0 Å². The SMILES string of the molecule is CC(C)NC(=O)c1ccc(Cl)cc1NC(=O)c1cccc(NC(=O)c2cccs2)c1. The molecule has 30 heavy (non-hydrogen) atoms. The number of thiophene rings is 1. The zero-order chi connectivity index (χ0) is 21.7. The van der Waals surface area contributed by atoms with Crippen molar-refractivity contribution in [3.8, 4) is 0 Å². The van der Waals surface area contributed by atoms with Gasteiger partial charge < -0.3 is 16.0 Å².